The van der Waals surface area contributed by atoms with E-state index in [-0.39, 0.29) is 12.2 Å². The second-order valence-corrected chi connectivity index (χ2v) is 8.06. The number of aryl methyl sites for hydroxylation is 2. The molecule has 150 valence electrons. The number of carbonyl (C=O) groups is 1. The van der Waals surface area contributed by atoms with Crippen LogP contribution >= 0.6 is 0 Å². The van der Waals surface area contributed by atoms with Gasteiger partial charge in [-0.25, -0.2) is 0 Å². The number of hydrogen-bond donors (Lipinski definition) is 4. The van der Waals surface area contributed by atoms with Crippen LogP contribution in [0.25, 0.3) is 0 Å². The summed E-state index contributed by atoms with van der Waals surface area (Å²) in [7, 11) is -1.34. The lowest BCUT2D eigenvalue weighted by Crippen LogP contribution is -2.58. The minimum absolute atomic E-state index is 0.102. The van der Waals surface area contributed by atoms with E-state index in [1.54, 1.807) is 0 Å². The molecular formula is C20H33BN2O4. The summed E-state index contributed by atoms with van der Waals surface area (Å²) in [6.45, 7) is 6.65. The molecule has 1 aromatic carbocycles. The molecule has 2 unspecified atom stereocenters. The van der Waals surface area contributed by atoms with E-state index in [0.717, 1.165) is 25.9 Å². The molecule has 6 nitrogen and oxygen atoms in total. The molecule has 1 heterocycles. The molecule has 5 N–H and O–H groups in total. The average molecular weight is 376 g/mol. The van der Waals surface area contributed by atoms with Crippen LogP contribution in [-0.2, 0) is 11.3 Å². The smallest absolute Gasteiger partial charge is 0.451 e. The molecule has 1 saturated heterocycles. The zero-order chi connectivity index (χ0) is 20.0. The summed E-state index contributed by atoms with van der Waals surface area (Å²) in [5.41, 5.74) is 8.91. The fraction of sp³-hybridized carbons (Fsp3) is 0.650. The van der Waals surface area contributed by atoms with E-state index in [2.05, 4.69) is 36.9 Å². The highest BCUT2D eigenvalue weighted by molar-refractivity contribution is 6.40. The number of benzene rings is 1. The third-order valence-corrected chi connectivity index (χ3v) is 5.91. The van der Waals surface area contributed by atoms with E-state index >= 15 is 0 Å². The summed E-state index contributed by atoms with van der Waals surface area (Å²) in [6.07, 6.45) is 3.50. The molecule has 1 fully saturated rings. The number of nitrogens with two attached hydrogens (primary N) is 1. The predicted molar refractivity (Wildman–Crippen MR) is 107 cm³/mol. The number of piperidine rings is 1. The van der Waals surface area contributed by atoms with Gasteiger partial charge in [0.2, 0.25) is 0 Å². The third kappa shape index (κ3) is 6.04. The first-order chi connectivity index (χ1) is 12.7. The van der Waals surface area contributed by atoms with Crippen molar-refractivity contribution in [2.75, 3.05) is 13.1 Å². The van der Waals surface area contributed by atoms with Crippen molar-refractivity contribution in [1.82, 2.24) is 4.90 Å². The van der Waals surface area contributed by atoms with Crippen molar-refractivity contribution in [3.8, 4) is 0 Å². The normalized spacial score (nSPS) is 20.3. The monoisotopic (exact) mass is 376 g/mol. The molecule has 0 saturated carbocycles. The first-order valence-corrected chi connectivity index (χ1v) is 9.89. The number of likely N-dealkylation sites (tertiary alicyclic amines) is 1. The average Bonchev–Trinajstić information content (AvgIpc) is 2.61. The van der Waals surface area contributed by atoms with Gasteiger partial charge in [-0.1, -0.05) is 31.0 Å². The standard InChI is InChI=1S/C20H33BN2O4/c1-15-7-8-17(12-16(15)2)13-23-11-5-6-18(14-23)20(22,19(24)25)9-3-4-10-21(26)27/h7-8,12,18,26-27H,3-6,9-11,13-14,22H2,1-2H3,(H,24,25). The minimum Gasteiger partial charge on any atom is -0.480 e. The van der Waals surface area contributed by atoms with Crippen molar-refractivity contribution < 1.29 is 19.9 Å². The van der Waals surface area contributed by atoms with Crippen molar-refractivity contribution >= 4 is 13.1 Å². The van der Waals surface area contributed by atoms with Crippen LogP contribution in [0.2, 0.25) is 6.32 Å². The molecular weight excluding hydrogens is 343 g/mol. The topological polar surface area (TPSA) is 107 Å². The highest BCUT2D eigenvalue weighted by atomic mass is 16.4. The highest BCUT2D eigenvalue weighted by Gasteiger charge is 2.43. The van der Waals surface area contributed by atoms with E-state index in [4.69, 9.17) is 15.8 Å². The van der Waals surface area contributed by atoms with Crippen LogP contribution in [0.1, 0.15) is 48.8 Å². The Kier molecular flexibility index (Phi) is 7.85. The van der Waals surface area contributed by atoms with Gasteiger partial charge in [0, 0.05) is 19.0 Å². The Balaban J connectivity index is 2.00. The first kappa shape index (κ1) is 21.9. The zero-order valence-electron chi connectivity index (χ0n) is 16.5. The van der Waals surface area contributed by atoms with Crippen LogP contribution in [0.15, 0.2) is 18.2 Å². The maximum absolute atomic E-state index is 12.0. The van der Waals surface area contributed by atoms with E-state index in [1.807, 2.05) is 0 Å². The van der Waals surface area contributed by atoms with Crippen LogP contribution in [0.3, 0.4) is 0 Å². The van der Waals surface area contributed by atoms with Crippen LogP contribution in [-0.4, -0.2) is 51.8 Å². The van der Waals surface area contributed by atoms with E-state index in [0.29, 0.717) is 25.8 Å². The Hall–Kier alpha value is -1.41. The minimum atomic E-state index is -1.34. The van der Waals surface area contributed by atoms with Gasteiger partial charge in [-0.15, -0.1) is 0 Å². The van der Waals surface area contributed by atoms with Crippen LogP contribution in [0.5, 0.6) is 0 Å². The van der Waals surface area contributed by atoms with Crippen LogP contribution in [0, 0.1) is 19.8 Å². The Labute approximate surface area is 162 Å². The lowest BCUT2D eigenvalue weighted by atomic mass is 9.75. The SMILES string of the molecule is Cc1ccc(CN2CCCC(C(N)(CCCCB(O)O)C(=O)O)C2)cc1C. The summed E-state index contributed by atoms with van der Waals surface area (Å²) in [5, 5.41) is 27.7. The predicted octanol–water partition coefficient (Wildman–Crippen LogP) is 1.94. The van der Waals surface area contributed by atoms with Gasteiger partial charge in [0.15, 0.2) is 0 Å². The van der Waals surface area contributed by atoms with Gasteiger partial charge in [0.1, 0.15) is 5.54 Å². The van der Waals surface area contributed by atoms with Gasteiger partial charge in [-0.05, 0) is 62.7 Å². The Morgan fingerprint density at radius 1 is 1.30 bits per heavy atom. The van der Waals surface area contributed by atoms with Crippen molar-refractivity contribution in [2.24, 2.45) is 11.7 Å². The lowest BCUT2D eigenvalue weighted by Gasteiger charge is -2.41. The molecule has 7 heteroatoms. The van der Waals surface area contributed by atoms with Crippen molar-refractivity contribution in [3.63, 3.8) is 0 Å². The Morgan fingerprint density at radius 2 is 2.04 bits per heavy atom. The highest BCUT2D eigenvalue weighted by Crippen LogP contribution is 2.31. The van der Waals surface area contributed by atoms with Gasteiger partial charge in [0.25, 0.3) is 0 Å². The number of aliphatic carboxylic acids is 1. The van der Waals surface area contributed by atoms with E-state index in [9.17, 15) is 9.90 Å². The van der Waals surface area contributed by atoms with Crippen molar-refractivity contribution in [2.45, 2.75) is 64.4 Å². The van der Waals surface area contributed by atoms with Gasteiger partial charge in [0.05, 0.1) is 0 Å². The summed E-state index contributed by atoms with van der Waals surface area (Å²) >= 11 is 0. The number of unbranched alkanes of at least 4 members (excludes halogenated alkanes) is 1. The van der Waals surface area contributed by atoms with Gasteiger partial charge in [-0.3, -0.25) is 9.69 Å². The van der Waals surface area contributed by atoms with Crippen LogP contribution < -0.4 is 5.73 Å². The lowest BCUT2D eigenvalue weighted by molar-refractivity contribution is -0.147. The number of carboxylic acids is 1. The van der Waals surface area contributed by atoms with Gasteiger partial charge < -0.3 is 20.9 Å². The fourth-order valence-corrected chi connectivity index (χ4v) is 4.01. The first-order valence-electron chi connectivity index (χ1n) is 9.89. The number of carboxylic acid groups (broad SMARTS) is 1. The Bertz CT molecular complexity index is 640. The second-order valence-electron chi connectivity index (χ2n) is 8.06. The van der Waals surface area contributed by atoms with Crippen molar-refractivity contribution in [3.05, 3.63) is 34.9 Å². The largest absolute Gasteiger partial charge is 0.480 e. The summed E-state index contributed by atoms with van der Waals surface area (Å²) in [5.74, 6) is -1.06. The van der Waals surface area contributed by atoms with E-state index in [1.165, 1.54) is 16.7 Å². The summed E-state index contributed by atoms with van der Waals surface area (Å²) in [6, 6.07) is 6.47. The molecule has 2 atom stereocenters. The third-order valence-electron chi connectivity index (χ3n) is 5.91. The molecule has 2 rings (SSSR count). The molecule has 1 aliphatic rings. The Morgan fingerprint density at radius 3 is 2.67 bits per heavy atom. The molecule has 27 heavy (non-hydrogen) atoms. The molecule has 1 aliphatic heterocycles. The second kappa shape index (κ2) is 9.69. The van der Waals surface area contributed by atoms with E-state index < -0.39 is 18.6 Å². The van der Waals surface area contributed by atoms with Gasteiger partial charge in [-0.2, -0.15) is 0 Å². The molecule has 0 radical (unpaired) electrons. The van der Waals surface area contributed by atoms with Crippen LogP contribution in [0.4, 0.5) is 0 Å². The number of hydrogen-bond acceptors (Lipinski definition) is 5. The molecule has 0 amide bonds. The number of nitrogens with zero attached hydrogens (tertiary/aromatic N) is 1. The molecule has 0 aromatic heterocycles. The fourth-order valence-electron chi connectivity index (χ4n) is 4.01. The van der Waals surface area contributed by atoms with Crippen molar-refractivity contribution in [1.29, 1.82) is 0 Å². The quantitative estimate of drug-likeness (QED) is 0.388. The zero-order valence-corrected chi connectivity index (χ0v) is 16.5. The molecule has 0 spiro atoms. The molecule has 0 bridgehead atoms. The summed E-state index contributed by atoms with van der Waals surface area (Å²) < 4.78 is 0. The maximum atomic E-state index is 12.0. The summed E-state index contributed by atoms with van der Waals surface area (Å²) in [4.78, 5) is 14.3. The number of rotatable bonds is 9. The maximum Gasteiger partial charge on any atom is 0.451 e. The van der Waals surface area contributed by atoms with Gasteiger partial charge >= 0.3 is 13.1 Å². The molecule has 1 aromatic rings. The molecule has 0 aliphatic carbocycles.